The quantitative estimate of drug-likeness (QED) is 0.785. The van der Waals surface area contributed by atoms with E-state index in [-0.39, 0.29) is 5.54 Å². The molecule has 2 unspecified atom stereocenters. The highest BCUT2D eigenvalue weighted by Gasteiger charge is 2.42. The van der Waals surface area contributed by atoms with E-state index in [9.17, 15) is 5.26 Å². The number of nitrogens with one attached hydrogen (secondary N) is 2. The zero-order valence-corrected chi connectivity index (χ0v) is 12.5. The van der Waals surface area contributed by atoms with Crippen LogP contribution in [0.4, 0.5) is 0 Å². The van der Waals surface area contributed by atoms with Gasteiger partial charge in [-0.1, -0.05) is 18.2 Å². The topological polar surface area (TPSA) is 64.5 Å². The predicted octanol–water partition coefficient (Wildman–Crippen LogP) is 2.95. The number of hydrogen-bond acceptors (Lipinski definition) is 4. The van der Waals surface area contributed by atoms with Crippen LogP contribution in [-0.2, 0) is 0 Å². The highest BCUT2D eigenvalue weighted by molar-refractivity contribution is 7.99. The number of H-pyrrole nitrogens is 1. The van der Waals surface area contributed by atoms with Crippen molar-refractivity contribution in [1.82, 2.24) is 15.3 Å². The fourth-order valence-corrected chi connectivity index (χ4v) is 3.86. The molecular weight excluding hydrogens is 256 g/mol. The lowest BCUT2D eigenvalue weighted by Gasteiger charge is -2.32. The van der Waals surface area contributed by atoms with E-state index in [0.717, 1.165) is 36.6 Å². The molecule has 1 saturated carbocycles. The van der Waals surface area contributed by atoms with Crippen molar-refractivity contribution in [3.8, 4) is 6.07 Å². The van der Waals surface area contributed by atoms with Gasteiger partial charge in [-0.25, -0.2) is 4.98 Å². The lowest BCUT2D eigenvalue weighted by atomic mass is 9.86. The van der Waals surface area contributed by atoms with Gasteiger partial charge in [0.25, 0.3) is 0 Å². The van der Waals surface area contributed by atoms with E-state index in [0.29, 0.717) is 12.0 Å². The van der Waals surface area contributed by atoms with Crippen molar-refractivity contribution in [2.24, 2.45) is 5.92 Å². The van der Waals surface area contributed by atoms with Crippen LogP contribution in [0.3, 0.4) is 0 Å². The zero-order valence-electron chi connectivity index (χ0n) is 11.6. The van der Waals surface area contributed by atoms with E-state index in [4.69, 9.17) is 0 Å². The van der Waals surface area contributed by atoms with E-state index in [1.807, 2.05) is 6.20 Å². The van der Waals surface area contributed by atoms with Gasteiger partial charge in [0.05, 0.1) is 6.07 Å². The molecule has 0 aromatic carbocycles. The number of aromatic amines is 1. The van der Waals surface area contributed by atoms with Crippen LogP contribution in [0, 0.1) is 17.2 Å². The summed E-state index contributed by atoms with van der Waals surface area (Å²) in [6.07, 6.45) is 7.99. The molecule has 0 aliphatic heterocycles. The third kappa shape index (κ3) is 3.52. The van der Waals surface area contributed by atoms with E-state index in [2.05, 4.69) is 35.2 Å². The minimum Gasteiger partial charge on any atom is -0.340 e. The first-order valence-electron chi connectivity index (χ1n) is 6.97. The summed E-state index contributed by atoms with van der Waals surface area (Å²) in [4.78, 5) is 7.31. The Morgan fingerprint density at radius 2 is 2.53 bits per heavy atom. The Balaban J connectivity index is 1.89. The van der Waals surface area contributed by atoms with Gasteiger partial charge in [-0.15, -0.1) is 0 Å². The van der Waals surface area contributed by atoms with Crippen LogP contribution in [0.5, 0.6) is 0 Å². The summed E-state index contributed by atoms with van der Waals surface area (Å²) >= 11 is 1.74. The second kappa shape index (κ2) is 6.44. The summed E-state index contributed by atoms with van der Waals surface area (Å²) in [6.45, 7) is 4.23. The maximum atomic E-state index is 9.58. The molecule has 1 aromatic heterocycles. The summed E-state index contributed by atoms with van der Waals surface area (Å²) in [7, 11) is 0. The van der Waals surface area contributed by atoms with Crippen LogP contribution in [0.2, 0.25) is 0 Å². The number of imidazole rings is 1. The van der Waals surface area contributed by atoms with Gasteiger partial charge in [-0.05, 0) is 39.0 Å². The second-order valence-corrected chi connectivity index (χ2v) is 6.59. The summed E-state index contributed by atoms with van der Waals surface area (Å²) in [5.41, 5.74) is -0.308. The number of nitrogens with zero attached hydrogens (tertiary/aromatic N) is 2. The molecule has 1 heterocycles. The summed E-state index contributed by atoms with van der Waals surface area (Å²) in [6, 6.07) is 2.92. The molecule has 0 radical (unpaired) electrons. The van der Waals surface area contributed by atoms with Crippen LogP contribution in [0.25, 0.3) is 0 Å². The third-order valence-corrected chi connectivity index (χ3v) is 4.68. The third-order valence-electron chi connectivity index (χ3n) is 3.74. The highest BCUT2D eigenvalue weighted by Crippen LogP contribution is 2.38. The first-order chi connectivity index (χ1) is 9.16. The van der Waals surface area contributed by atoms with Crippen LogP contribution in [-0.4, -0.2) is 27.3 Å². The van der Waals surface area contributed by atoms with Crippen molar-refractivity contribution in [3.63, 3.8) is 0 Å². The molecule has 2 atom stereocenters. The van der Waals surface area contributed by atoms with Crippen LogP contribution in [0.1, 0.15) is 39.5 Å². The standard InChI is InChI=1S/C14H22N4S/c1-11(2)18-14(10-15)6-3-4-12(14)5-9-19-13-16-7-8-17-13/h7-8,11-12,18H,3-6,9H2,1-2H3,(H,16,17). The Morgan fingerprint density at radius 3 is 3.16 bits per heavy atom. The Kier molecular flexibility index (Phi) is 4.89. The molecule has 0 bridgehead atoms. The second-order valence-electron chi connectivity index (χ2n) is 5.50. The zero-order chi connectivity index (χ0) is 13.7. The SMILES string of the molecule is CC(C)NC1(C#N)CCCC1CCSc1ncc[nH]1. The molecule has 4 nitrogen and oxygen atoms in total. The van der Waals surface area contributed by atoms with Crippen LogP contribution < -0.4 is 5.32 Å². The van der Waals surface area contributed by atoms with Gasteiger partial charge in [0.1, 0.15) is 5.54 Å². The van der Waals surface area contributed by atoms with Gasteiger partial charge >= 0.3 is 0 Å². The van der Waals surface area contributed by atoms with Crippen molar-refractivity contribution in [3.05, 3.63) is 12.4 Å². The number of hydrogen-bond donors (Lipinski definition) is 2. The molecule has 1 aromatic rings. The molecule has 1 aliphatic rings. The van der Waals surface area contributed by atoms with Crippen molar-refractivity contribution in [2.75, 3.05) is 5.75 Å². The highest BCUT2D eigenvalue weighted by atomic mass is 32.2. The fourth-order valence-electron chi connectivity index (χ4n) is 2.98. The van der Waals surface area contributed by atoms with Gasteiger partial charge in [-0.2, -0.15) is 5.26 Å². The molecule has 0 amide bonds. The van der Waals surface area contributed by atoms with Crippen molar-refractivity contribution in [2.45, 2.75) is 56.3 Å². The molecule has 0 saturated heterocycles. The van der Waals surface area contributed by atoms with E-state index in [1.54, 1.807) is 18.0 Å². The molecule has 1 fully saturated rings. The van der Waals surface area contributed by atoms with Crippen LogP contribution >= 0.6 is 11.8 Å². The Morgan fingerprint density at radius 1 is 1.68 bits per heavy atom. The maximum absolute atomic E-state index is 9.58. The minimum atomic E-state index is -0.308. The van der Waals surface area contributed by atoms with Gasteiger partial charge in [-0.3, -0.25) is 5.32 Å². The van der Waals surface area contributed by atoms with Crippen LogP contribution in [0.15, 0.2) is 17.6 Å². The van der Waals surface area contributed by atoms with Crippen molar-refractivity contribution in [1.29, 1.82) is 5.26 Å². The predicted molar refractivity (Wildman–Crippen MR) is 77.9 cm³/mol. The Labute approximate surface area is 119 Å². The lowest BCUT2D eigenvalue weighted by molar-refractivity contribution is 0.289. The average Bonchev–Trinajstić information content (AvgIpc) is 3.00. The first kappa shape index (κ1) is 14.4. The van der Waals surface area contributed by atoms with E-state index in [1.165, 1.54) is 0 Å². The summed E-state index contributed by atoms with van der Waals surface area (Å²) in [5, 5.41) is 14.1. The Bertz CT molecular complexity index is 423. The molecular formula is C14H22N4S. The molecule has 104 valence electrons. The Hall–Kier alpha value is -0.990. The molecule has 1 aliphatic carbocycles. The van der Waals surface area contributed by atoms with Gasteiger partial charge in [0.2, 0.25) is 0 Å². The largest absolute Gasteiger partial charge is 0.340 e. The molecule has 2 rings (SSSR count). The molecule has 19 heavy (non-hydrogen) atoms. The summed E-state index contributed by atoms with van der Waals surface area (Å²) in [5.74, 6) is 1.48. The maximum Gasteiger partial charge on any atom is 0.165 e. The molecule has 2 N–H and O–H groups in total. The van der Waals surface area contributed by atoms with Gasteiger partial charge in [0, 0.05) is 24.2 Å². The normalized spacial score (nSPS) is 26.7. The molecule has 0 spiro atoms. The molecule has 5 heteroatoms. The number of nitriles is 1. The monoisotopic (exact) mass is 278 g/mol. The van der Waals surface area contributed by atoms with Gasteiger partial charge in [0.15, 0.2) is 5.16 Å². The minimum absolute atomic E-state index is 0.308. The number of rotatable bonds is 6. The van der Waals surface area contributed by atoms with Crippen molar-refractivity contribution >= 4 is 11.8 Å². The first-order valence-corrected chi connectivity index (χ1v) is 7.96. The fraction of sp³-hybridized carbons (Fsp3) is 0.714. The number of thioether (sulfide) groups is 1. The smallest absolute Gasteiger partial charge is 0.165 e. The van der Waals surface area contributed by atoms with E-state index < -0.39 is 0 Å². The van der Waals surface area contributed by atoms with Crippen molar-refractivity contribution < 1.29 is 0 Å². The average molecular weight is 278 g/mol. The van der Waals surface area contributed by atoms with Gasteiger partial charge < -0.3 is 4.98 Å². The lowest BCUT2D eigenvalue weighted by Crippen LogP contribution is -2.50. The number of aromatic nitrogens is 2. The van der Waals surface area contributed by atoms with E-state index >= 15 is 0 Å². The summed E-state index contributed by atoms with van der Waals surface area (Å²) < 4.78 is 0.